The van der Waals surface area contributed by atoms with Gasteiger partial charge in [0.25, 0.3) is 12.0 Å². The van der Waals surface area contributed by atoms with E-state index in [0.717, 1.165) is 26.2 Å². The lowest BCUT2D eigenvalue weighted by Crippen LogP contribution is -2.32. The number of rotatable bonds is 7. The average molecular weight is 345 g/mol. The number of likely N-dealkylation sites (N-methyl/N-ethyl adjacent to an activating group) is 2. The number of benzene rings is 1. The maximum absolute atomic E-state index is 5.66. The minimum atomic E-state index is 0.0993. The van der Waals surface area contributed by atoms with Crippen molar-refractivity contribution in [1.82, 2.24) is 10.6 Å². The molecule has 0 radical (unpaired) electrons. The average Bonchev–Trinajstić information content (AvgIpc) is 3.28. The summed E-state index contributed by atoms with van der Waals surface area (Å²) >= 11 is 0. The Morgan fingerprint density at radius 2 is 1.72 bits per heavy atom. The lowest BCUT2D eigenvalue weighted by molar-refractivity contribution is 0.290. The predicted octanol–water partition coefficient (Wildman–Crippen LogP) is 1.22. The Hall–Kier alpha value is -2.28. The first-order chi connectivity index (χ1) is 12.3. The fraction of sp³-hybridized carbons (Fsp3) is 0.556. The Kier molecular flexibility index (Phi) is 6.11. The maximum atomic E-state index is 5.66. The normalized spacial score (nSPS) is 22.0. The van der Waals surface area contributed by atoms with Crippen LogP contribution < -0.4 is 15.5 Å². The van der Waals surface area contributed by atoms with Gasteiger partial charge in [0.1, 0.15) is 25.3 Å². The summed E-state index contributed by atoms with van der Waals surface area (Å²) in [6.45, 7) is 8.89. The smallest absolute Gasteiger partial charge is 0.293 e. The van der Waals surface area contributed by atoms with Crippen molar-refractivity contribution in [2.24, 2.45) is 9.98 Å². The van der Waals surface area contributed by atoms with E-state index in [2.05, 4.69) is 63.6 Å². The van der Waals surface area contributed by atoms with E-state index >= 15 is 0 Å². The summed E-state index contributed by atoms with van der Waals surface area (Å²) in [5.74, 6) is 0. The Balaban J connectivity index is 1.52. The van der Waals surface area contributed by atoms with Gasteiger partial charge in [-0.25, -0.2) is 9.98 Å². The highest BCUT2D eigenvalue weighted by atomic mass is 16.5. The van der Waals surface area contributed by atoms with Gasteiger partial charge in [-0.2, -0.15) is 0 Å². The molecular formula is C18H27N5O2. The van der Waals surface area contributed by atoms with Gasteiger partial charge in [-0.15, -0.1) is 0 Å². The van der Waals surface area contributed by atoms with Crippen LogP contribution in [-0.2, 0) is 9.47 Å². The number of nitrogens with one attached hydrogen (secondary N) is 2. The van der Waals surface area contributed by atoms with Crippen molar-refractivity contribution >= 4 is 17.7 Å². The molecule has 0 aromatic heterocycles. The van der Waals surface area contributed by atoms with Crippen LogP contribution in [0.25, 0.3) is 0 Å². The molecule has 0 amide bonds. The quantitative estimate of drug-likeness (QED) is 0.778. The first-order valence-corrected chi connectivity index (χ1v) is 8.97. The Morgan fingerprint density at radius 1 is 1.04 bits per heavy atom. The highest BCUT2D eigenvalue weighted by Crippen LogP contribution is 2.15. The van der Waals surface area contributed by atoms with Crippen molar-refractivity contribution in [3.8, 4) is 0 Å². The molecule has 0 fully saturated rings. The van der Waals surface area contributed by atoms with Crippen LogP contribution in [0.4, 0.5) is 5.69 Å². The second-order valence-electron chi connectivity index (χ2n) is 6.11. The first-order valence-electron chi connectivity index (χ1n) is 8.97. The van der Waals surface area contributed by atoms with Gasteiger partial charge in [-0.3, -0.25) is 5.32 Å². The third-order valence-electron chi connectivity index (χ3n) is 4.20. The van der Waals surface area contributed by atoms with Crippen LogP contribution in [0.1, 0.15) is 13.8 Å². The van der Waals surface area contributed by atoms with Gasteiger partial charge < -0.3 is 19.7 Å². The topological polar surface area (TPSA) is 70.5 Å². The Labute approximate surface area is 149 Å². The second-order valence-corrected chi connectivity index (χ2v) is 6.11. The van der Waals surface area contributed by atoms with E-state index in [1.54, 1.807) is 0 Å². The van der Waals surface area contributed by atoms with Gasteiger partial charge in [0.2, 0.25) is 0 Å². The van der Waals surface area contributed by atoms with E-state index in [-0.39, 0.29) is 12.1 Å². The number of hydrogen-bond acceptors (Lipinski definition) is 7. The number of aliphatic imine (C=N–C) groups is 2. The third kappa shape index (κ3) is 4.85. The molecule has 25 heavy (non-hydrogen) atoms. The minimum Gasteiger partial charge on any atom is -0.463 e. The highest BCUT2D eigenvalue weighted by Gasteiger charge is 2.25. The van der Waals surface area contributed by atoms with Crippen LogP contribution in [0, 0.1) is 0 Å². The summed E-state index contributed by atoms with van der Waals surface area (Å²) in [5, 5.41) is 6.33. The molecule has 1 aromatic rings. The number of hydrogen-bond donors (Lipinski definition) is 2. The summed E-state index contributed by atoms with van der Waals surface area (Å²) in [7, 11) is 0. The van der Waals surface area contributed by atoms with E-state index in [0.29, 0.717) is 25.3 Å². The van der Waals surface area contributed by atoms with Crippen molar-refractivity contribution in [1.29, 1.82) is 0 Å². The molecule has 7 heteroatoms. The summed E-state index contributed by atoms with van der Waals surface area (Å²) in [4.78, 5) is 11.4. The molecule has 0 bridgehead atoms. The highest BCUT2D eigenvalue weighted by molar-refractivity contribution is 5.94. The van der Waals surface area contributed by atoms with E-state index in [4.69, 9.17) is 9.47 Å². The van der Waals surface area contributed by atoms with Crippen LogP contribution in [0.2, 0.25) is 0 Å². The van der Waals surface area contributed by atoms with Crippen molar-refractivity contribution in [3.63, 3.8) is 0 Å². The molecule has 0 aliphatic carbocycles. The molecule has 1 aromatic carbocycles. The van der Waals surface area contributed by atoms with Gasteiger partial charge in [-0.1, -0.05) is 25.1 Å². The van der Waals surface area contributed by atoms with E-state index in [9.17, 15) is 0 Å². The number of amidine groups is 2. The number of anilines is 1. The Morgan fingerprint density at radius 3 is 2.40 bits per heavy atom. The zero-order valence-corrected chi connectivity index (χ0v) is 14.9. The van der Waals surface area contributed by atoms with Crippen LogP contribution >= 0.6 is 0 Å². The van der Waals surface area contributed by atoms with Gasteiger partial charge in [0.15, 0.2) is 0 Å². The molecule has 0 unspecified atom stereocenters. The van der Waals surface area contributed by atoms with Crippen LogP contribution in [0.5, 0.6) is 0 Å². The van der Waals surface area contributed by atoms with Crippen molar-refractivity contribution in [3.05, 3.63) is 30.3 Å². The van der Waals surface area contributed by atoms with Gasteiger partial charge in [0, 0.05) is 25.3 Å². The zero-order chi connectivity index (χ0) is 17.5. The summed E-state index contributed by atoms with van der Waals surface area (Å²) in [6, 6.07) is 11.6. The summed E-state index contributed by atoms with van der Waals surface area (Å²) in [5.41, 5.74) is 1.20. The van der Waals surface area contributed by atoms with Gasteiger partial charge >= 0.3 is 0 Å². The molecule has 136 valence electrons. The van der Waals surface area contributed by atoms with E-state index in [1.165, 1.54) is 5.69 Å². The second kappa shape index (κ2) is 8.71. The molecule has 2 aliphatic heterocycles. The molecular weight excluding hydrogens is 318 g/mol. The van der Waals surface area contributed by atoms with Gasteiger partial charge in [-0.05, 0) is 25.6 Å². The lowest BCUT2D eigenvalue weighted by Gasteiger charge is -2.24. The monoisotopic (exact) mass is 345 g/mol. The summed E-state index contributed by atoms with van der Waals surface area (Å²) in [6.07, 6.45) is 0. The molecule has 2 heterocycles. The van der Waals surface area contributed by atoms with Gasteiger partial charge in [0.05, 0.1) is 0 Å². The number of nitrogens with zero attached hydrogens (tertiary/aromatic N) is 3. The SMILES string of the molecule is CCNC[C@H]1COC(NC2=N[C@@H](CN(CC)c3ccccc3)CO2)=N1. The third-order valence-corrected chi connectivity index (χ3v) is 4.20. The van der Waals surface area contributed by atoms with Crippen LogP contribution in [0.15, 0.2) is 40.3 Å². The largest absolute Gasteiger partial charge is 0.463 e. The van der Waals surface area contributed by atoms with Crippen molar-refractivity contribution in [2.45, 2.75) is 25.9 Å². The molecule has 0 saturated carbocycles. The number of ether oxygens (including phenoxy) is 2. The fourth-order valence-electron chi connectivity index (χ4n) is 2.88. The van der Waals surface area contributed by atoms with Crippen LogP contribution in [0.3, 0.4) is 0 Å². The minimum absolute atomic E-state index is 0.0993. The molecule has 0 spiro atoms. The molecule has 2 atom stereocenters. The van der Waals surface area contributed by atoms with E-state index < -0.39 is 0 Å². The molecule has 0 saturated heterocycles. The first kappa shape index (κ1) is 17.5. The number of para-hydroxylation sites is 1. The standard InChI is InChI=1S/C18H27N5O2/c1-3-19-10-14-12-24-17(20-14)22-18-21-15(13-25-18)11-23(4-2)16-8-6-5-7-9-16/h5-9,14-15,19H,3-4,10-13H2,1-2H3,(H,20,21,22)/t14-,15-/m0/s1. The molecule has 3 rings (SSSR count). The predicted molar refractivity (Wildman–Crippen MR) is 100 cm³/mol. The molecule has 7 nitrogen and oxygen atoms in total. The lowest BCUT2D eigenvalue weighted by atomic mass is 10.2. The zero-order valence-electron chi connectivity index (χ0n) is 14.9. The van der Waals surface area contributed by atoms with E-state index in [1.807, 2.05) is 6.07 Å². The molecule has 2 N–H and O–H groups in total. The Bertz CT molecular complexity index is 605. The van der Waals surface area contributed by atoms with Crippen molar-refractivity contribution < 1.29 is 9.47 Å². The van der Waals surface area contributed by atoms with Crippen molar-refractivity contribution in [2.75, 3.05) is 44.3 Å². The maximum Gasteiger partial charge on any atom is 0.293 e. The van der Waals surface area contributed by atoms with Crippen LogP contribution in [-0.4, -0.2) is 63.5 Å². The summed E-state index contributed by atoms with van der Waals surface area (Å²) < 4.78 is 11.2. The fourth-order valence-corrected chi connectivity index (χ4v) is 2.88. The molecule has 2 aliphatic rings.